The highest BCUT2D eigenvalue weighted by atomic mass is 19.1. The molecule has 1 amide bonds. The fourth-order valence-corrected chi connectivity index (χ4v) is 2.11. The van der Waals surface area contributed by atoms with Crippen molar-refractivity contribution in [2.75, 3.05) is 11.1 Å². The summed E-state index contributed by atoms with van der Waals surface area (Å²) in [6.45, 7) is 0. The van der Waals surface area contributed by atoms with E-state index in [2.05, 4.69) is 5.32 Å². The van der Waals surface area contributed by atoms with Crippen molar-refractivity contribution < 1.29 is 13.6 Å². The van der Waals surface area contributed by atoms with Crippen LogP contribution in [0.15, 0.2) is 30.5 Å². The number of hydrogen-bond donors (Lipinski definition) is 2. The van der Waals surface area contributed by atoms with Crippen molar-refractivity contribution in [1.29, 1.82) is 0 Å². The van der Waals surface area contributed by atoms with Gasteiger partial charge in [0.2, 0.25) is 0 Å². The van der Waals surface area contributed by atoms with Gasteiger partial charge in [-0.2, -0.15) is 0 Å². The van der Waals surface area contributed by atoms with E-state index in [1.807, 2.05) is 0 Å². The van der Waals surface area contributed by atoms with Crippen LogP contribution in [0.1, 0.15) is 29.4 Å². The molecule has 0 aliphatic heterocycles. The summed E-state index contributed by atoms with van der Waals surface area (Å²) in [5.74, 6) is -1.96. The molecule has 1 aromatic carbocycles. The smallest absolute Gasteiger partial charge is 0.272 e. The topological polar surface area (TPSA) is 60.1 Å². The number of anilines is 2. The van der Waals surface area contributed by atoms with Gasteiger partial charge in [-0.05, 0) is 31.0 Å². The molecule has 20 heavy (non-hydrogen) atoms. The van der Waals surface area contributed by atoms with Crippen molar-refractivity contribution >= 4 is 17.3 Å². The van der Waals surface area contributed by atoms with Crippen LogP contribution in [0.25, 0.3) is 0 Å². The maximum absolute atomic E-state index is 13.5. The average Bonchev–Trinajstić information content (AvgIpc) is 3.16. The van der Waals surface area contributed by atoms with E-state index in [4.69, 9.17) is 5.73 Å². The monoisotopic (exact) mass is 277 g/mol. The fraction of sp³-hybridized carbons (Fsp3) is 0.214. The maximum Gasteiger partial charge on any atom is 0.272 e. The zero-order chi connectivity index (χ0) is 14.3. The Morgan fingerprint density at radius 3 is 2.70 bits per heavy atom. The molecule has 104 valence electrons. The summed E-state index contributed by atoms with van der Waals surface area (Å²) in [5, 5.41) is 2.43. The largest absolute Gasteiger partial charge is 0.397 e. The highest BCUT2D eigenvalue weighted by molar-refractivity contribution is 6.04. The van der Waals surface area contributed by atoms with Gasteiger partial charge in [0.15, 0.2) is 0 Å². The van der Waals surface area contributed by atoms with Gasteiger partial charge < -0.3 is 15.6 Å². The first kappa shape index (κ1) is 12.7. The van der Waals surface area contributed by atoms with E-state index in [-0.39, 0.29) is 11.7 Å². The molecule has 0 bridgehead atoms. The van der Waals surface area contributed by atoms with Crippen molar-refractivity contribution in [1.82, 2.24) is 4.57 Å². The summed E-state index contributed by atoms with van der Waals surface area (Å²) in [6, 6.07) is 4.84. The first-order valence-corrected chi connectivity index (χ1v) is 6.28. The minimum absolute atomic E-state index is 0.0569. The van der Waals surface area contributed by atoms with E-state index >= 15 is 0 Å². The predicted octanol–water partition coefficient (Wildman–Crippen LogP) is 2.94. The zero-order valence-corrected chi connectivity index (χ0v) is 10.6. The second kappa shape index (κ2) is 4.63. The van der Waals surface area contributed by atoms with Crippen molar-refractivity contribution in [3.05, 3.63) is 47.8 Å². The summed E-state index contributed by atoms with van der Waals surface area (Å²) in [4.78, 5) is 12.2. The first-order valence-electron chi connectivity index (χ1n) is 6.28. The number of carbonyl (C=O) groups is 1. The lowest BCUT2D eigenvalue weighted by Gasteiger charge is -2.09. The van der Waals surface area contributed by atoms with E-state index in [9.17, 15) is 13.6 Å². The fourth-order valence-electron chi connectivity index (χ4n) is 2.11. The van der Waals surface area contributed by atoms with Crippen LogP contribution in [0.5, 0.6) is 0 Å². The molecule has 0 saturated heterocycles. The molecule has 2 aromatic rings. The quantitative estimate of drug-likeness (QED) is 0.906. The Kier molecular flexibility index (Phi) is 2.93. The number of amides is 1. The molecular weight excluding hydrogens is 264 g/mol. The van der Waals surface area contributed by atoms with Gasteiger partial charge in [-0.25, -0.2) is 8.78 Å². The van der Waals surface area contributed by atoms with Crippen LogP contribution in [-0.2, 0) is 0 Å². The van der Waals surface area contributed by atoms with Crippen LogP contribution in [-0.4, -0.2) is 10.5 Å². The normalized spacial score (nSPS) is 14.3. The molecule has 0 unspecified atom stereocenters. The lowest BCUT2D eigenvalue weighted by Crippen LogP contribution is -2.17. The average molecular weight is 277 g/mol. The van der Waals surface area contributed by atoms with Crippen LogP contribution in [0.2, 0.25) is 0 Å². The molecule has 1 aromatic heterocycles. The summed E-state index contributed by atoms with van der Waals surface area (Å²) in [6.07, 6.45) is 3.70. The second-order valence-electron chi connectivity index (χ2n) is 4.88. The Hall–Kier alpha value is -2.37. The van der Waals surface area contributed by atoms with Crippen LogP contribution < -0.4 is 11.1 Å². The van der Waals surface area contributed by atoms with Crippen LogP contribution >= 0.6 is 0 Å². The lowest BCUT2D eigenvalue weighted by atomic mass is 10.3. The minimum Gasteiger partial charge on any atom is -0.397 e. The van der Waals surface area contributed by atoms with Crippen LogP contribution in [0, 0.1) is 11.6 Å². The summed E-state index contributed by atoms with van der Waals surface area (Å²) in [5.41, 5.74) is 6.52. The Morgan fingerprint density at radius 2 is 2.05 bits per heavy atom. The Balaban J connectivity index is 1.86. The molecule has 3 rings (SSSR count). The van der Waals surface area contributed by atoms with Crippen molar-refractivity contribution in [2.45, 2.75) is 18.9 Å². The molecule has 0 radical (unpaired) electrons. The molecule has 4 nitrogen and oxygen atoms in total. The third-order valence-electron chi connectivity index (χ3n) is 3.22. The SMILES string of the molecule is Nc1cc(C(=O)Nc2ccc(F)cc2F)n(C2CC2)c1. The molecule has 3 N–H and O–H groups in total. The molecule has 6 heteroatoms. The number of nitrogens with two attached hydrogens (primary N) is 1. The third-order valence-corrected chi connectivity index (χ3v) is 3.22. The minimum atomic E-state index is -0.809. The van der Waals surface area contributed by atoms with E-state index in [0.29, 0.717) is 11.4 Å². The Morgan fingerprint density at radius 1 is 1.30 bits per heavy atom. The third kappa shape index (κ3) is 2.36. The zero-order valence-electron chi connectivity index (χ0n) is 10.6. The number of nitrogen functional groups attached to an aromatic ring is 1. The molecule has 1 aliphatic rings. The van der Waals surface area contributed by atoms with E-state index in [1.165, 1.54) is 6.07 Å². The Bertz CT molecular complexity index is 677. The van der Waals surface area contributed by atoms with Crippen molar-refractivity contribution in [2.24, 2.45) is 0 Å². The van der Waals surface area contributed by atoms with Crippen LogP contribution in [0.3, 0.4) is 0 Å². The number of carbonyl (C=O) groups excluding carboxylic acids is 1. The predicted molar refractivity (Wildman–Crippen MR) is 71.4 cm³/mol. The van der Waals surface area contributed by atoms with E-state index in [1.54, 1.807) is 16.8 Å². The molecular formula is C14H13F2N3O. The highest BCUT2D eigenvalue weighted by Crippen LogP contribution is 2.37. The molecule has 1 heterocycles. The second-order valence-corrected chi connectivity index (χ2v) is 4.88. The summed E-state index contributed by atoms with van der Waals surface area (Å²) >= 11 is 0. The summed E-state index contributed by atoms with van der Waals surface area (Å²) < 4.78 is 28.1. The van der Waals surface area contributed by atoms with Gasteiger partial charge in [-0.1, -0.05) is 0 Å². The standard InChI is InChI=1S/C14H13F2N3O/c15-8-1-4-12(11(16)5-8)18-14(20)13-6-9(17)7-19(13)10-2-3-10/h1,4-7,10H,2-3,17H2,(H,18,20). The van der Waals surface area contributed by atoms with Gasteiger partial charge in [-0.15, -0.1) is 0 Å². The highest BCUT2D eigenvalue weighted by Gasteiger charge is 2.28. The number of aromatic nitrogens is 1. The first-order chi connectivity index (χ1) is 9.54. The van der Waals surface area contributed by atoms with Gasteiger partial charge in [0.25, 0.3) is 5.91 Å². The number of halogens is 2. The van der Waals surface area contributed by atoms with Crippen LogP contribution in [0.4, 0.5) is 20.2 Å². The maximum atomic E-state index is 13.5. The number of hydrogen-bond acceptors (Lipinski definition) is 2. The van der Waals surface area contributed by atoms with E-state index < -0.39 is 17.5 Å². The van der Waals surface area contributed by atoms with Crippen molar-refractivity contribution in [3.63, 3.8) is 0 Å². The number of rotatable bonds is 3. The molecule has 1 fully saturated rings. The Labute approximate surface area is 114 Å². The van der Waals surface area contributed by atoms with Gasteiger partial charge >= 0.3 is 0 Å². The number of nitrogens with one attached hydrogen (secondary N) is 1. The van der Waals surface area contributed by atoms with Crippen molar-refractivity contribution in [3.8, 4) is 0 Å². The molecule has 1 aliphatic carbocycles. The van der Waals surface area contributed by atoms with Gasteiger partial charge in [-0.3, -0.25) is 4.79 Å². The summed E-state index contributed by atoms with van der Waals surface area (Å²) in [7, 11) is 0. The van der Waals surface area contributed by atoms with Gasteiger partial charge in [0.1, 0.15) is 17.3 Å². The number of benzene rings is 1. The molecule has 1 saturated carbocycles. The molecule has 0 spiro atoms. The lowest BCUT2D eigenvalue weighted by molar-refractivity contribution is 0.101. The molecule has 0 atom stereocenters. The number of nitrogens with zero attached hydrogens (tertiary/aromatic N) is 1. The van der Waals surface area contributed by atoms with Gasteiger partial charge in [0.05, 0.1) is 11.4 Å². The van der Waals surface area contributed by atoms with E-state index in [0.717, 1.165) is 25.0 Å². The van der Waals surface area contributed by atoms with Gasteiger partial charge in [0, 0.05) is 18.3 Å².